The van der Waals surface area contributed by atoms with E-state index in [1.54, 1.807) is 6.07 Å². The molecule has 0 atom stereocenters. The van der Waals surface area contributed by atoms with E-state index >= 15 is 0 Å². The summed E-state index contributed by atoms with van der Waals surface area (Å²) in [5.74, 6) is 0. The summed E-state index contributed by atoms with van der Waals surface area (Å²) >= 11 is 0. The van der Waals surface area contributed by atoms with Gasteiger partial charge in [-0.2, -0.15) is 8.42 Å². The molecule has 0 aliphatic heterocycles. The molecule has 0 fully saturated rings. The predicted octanol–water partition coefficient (Wildman–Crippen LogP) is 16.5. The van der Waals surface area contributed by atoms with Crippen molar-refractivity contribution in [1.82, 2.24) is 0 Å². The number of benzene rings is 6. The Morgan fingerprint density at radius 2 is 0.828 bits per heavy atom. The number of hydrogen-bond acceptors (Lipinski definition) is 4. The van der Waals surface area contributed by atoms with Gasteiger partial charge in [-0.1, -0.05) is 181 Å². The summed E-state index contributed by atoms with van der Waals surface area (Å²) in [7, 11) is -2.30. The molecule has 0 aliphatic rings. The van der Waals surface area contributed by atoms with Crippen LogP contribution in [0.5, 0.6) is 0 Å². The third kappa shape index (κ3) is 18.7. The lowest BCUT2D eigenvalue weighted by molar-refractivity contribution is 0.484. The van der Waals surface area contributed by atoms with Crippen molar-refractivity contribution in [3.8, 4) is 0 Å². The van der Waals surface area contributed by atoms with E-state index in [9.17, 15) is 13.0 Å². The van der Waals surface area contributed by atoms with E-state index < -0.39 is 10.1 Å². The SMILES string of the molecule is CCCCCCCCCc1ccc2c(S(=O)(=O)O)cc(CCCCCCCCC)cc2c1.CNc1ccc(Cc2ccc(Nc3ccc(Cc4ccc(C)cc4)cc3)cc2)cc1.[CH3-].[CH3-]. The first-order valence-electron chi connectivity index (χ1n) is 23.4. The average molecular weight is 883 g/mol. The topological polar surface area (TPSA) is 78.4 Å². The molecule has 6 rings (SSSR count). The molecule has 0 saturated carbocycles. The highest BCUT2D eigenvalue weighted by atomic mass is 32.2. The van der Waals surface area contributed by atoms with Gasteiger partial charge in [0.15, 0.2) is 0 Å². The number of hydrogen-bond donors (Lipinski definition) is 3. The van der Waals surface area contributed by atoms with E-state index in [0.29, 0.717) is 5.39 Å². The maximum Gasteiger partial charge on any atom is 0.295 e. The molecular formula is C58H78N2O3S-2. The van der Waals surface area contributed by atoms with Gasteiger partial charge < -0.3 is 25.5 Å². The summed E-state index contributed by atoms with van der Waals surface area (Å²) < 4.78 is 33.9. The first-order chi connectivity index (χ1) is 30.1. The monoisotopic (exact) mass is 883 g/mol. The number of aryl methyl sites for hydroxylation is 3. The fraction of sp³-hybridized carbons (Fsp3) is 0.379. The van der Waals surface area contributed by atoms with Crippen molar-refractivity contribution < 1.29 is 13.0 Å². The lowest BCUT2D eigenvalue weighted by Crippen LogP contribution is -2.01. The van der Waals surface area contributed by atoms with E-state index in [1.807, 2.05) is 19.2 Å². The zero-order valence-electron chi connectivity index (χ0n) is 40.0. The second-order valence-electron chi connectivity index (χ2n) is 17.2. The minimum absolute atomic E-state index is 0. The predicted molar refractivity (Wildman–Crippen MR) is 279 cm³/mol. The average Bonchev–Trinajstić information content (AvgIpc) is 3.27. The molecule has 346 valence electrons. The van der Waals surface area contributed by atoms with Gasteiger partial charge in [-0.25, -0.2) is 0 Å². The summed E-state index contributed by atoms with van der Waals surface area (Å²) in [4.78, 5) is 0.0513. The van der Waals surface area contributed by atoms with Gasteiger partial charge in [0, 0.05) is 29.5 Å². The summed E-state index contributed by atoms with van der Waals surface area (Å²) in [6, 6.07) is 44.5. The van der Waals surface area contributed by atoms with Crippen LogP contribution in [0.1, 0.15) is 143 Å². The van der Waals surface area contributed by atoms with Gasteiger partial charge in [0.2, 0.25) is 0 Å². The largest absolute Gasteiger partial charge is 0.388 e. The van der Waals surface area contributed by atoms with E-state index in [0.717, 1.165) is 60.1 Å². The fourth-order valence-electron chi connectivity index (χ4n) is 8.07. The molecule has 0 radical (unpaired) electrons. The molecule has 0 bridgehead atoms. The highest BCUT2D eigenvalue weighted by Crippen LogP contribution is 2.28. The van der Waals surface area contributed by atoms with Crippen LogP contribution >= 0.6 is 0 Å². The fourth-order valence-corrected chi connectivity index (χ4v) is 8.84. The van der Waals surface area contributed by atoms with Crippen LogP contribution in [-0.2, 0) is 35.8 Å². The summed E-state index contributed by atoms with van der Waals surface area (Å²) in [5.41, 5.74) is 12.2. The van der Waals surface area contributed by atoms with Gasteiger partial charge in [0.05, 0.1) is 0 Å². The van der Waals surface area contributed by atoms with Gasteiger partial charge in [-0.05, 0) is 127 Å². The Kier molecular flexibility index (Phi) is 24.0. The van der Waals surface area contributed by atoms with Crippen LogP contribution in [0.15, 0.2) is 132 Å². The standard InChI is InChI=1S/C28H28N2.C28H44O3S.2CH3/c1-21-3-5-22(6-4-21)19-24-9-15-27(16-10-24)30-28-17-11-25(12-18-28)20-23-7-13-26(29-2)14-8-23;1-3-5-7-9-11-13-15-17-24-19-20-27-26(21-24)22-25(23-28(27)32(29,30)31)18-16-14-12-10-8-6-4-2;;/h3-18,29-30H,19-20H2,1-2H3;19-23H,3-18H2,1-2H3,(H,29,30,31);2*1H3/q;;2*-1. The number of unbranched alkanes of at least 4 members (excludes halogenated alkanes) is 12. The zero-order valence-corrected chi connectivity index (χ0v) is 40.8. The molecule has 0 unspecified atom stereocenters. The Labute approximate surface area is 389 Å². The molecule has 0 aromatic heterocycles. The van der Waals surface area contributed by atoms with Crippen molar-refractivity contribution in [3.05, 3.63) is 181 Å². The van der Waals surface area contributed by atoms with E-state index in [2.05, 4.69) is 141 Å². The summed E-state index contributed by atoms with van der Waals surface area (Å²) in [6.07, 6.45) is 21.4. The molecule has 6 aromatic carbocycles. The van der Waals surface area contributed by atoms with Crippen LogP contribution in [0, 0.1) is 21.8 Å². The minimum Gasteiger partial charge on any atom is -0.388 e. The van der Waals surface area contributed by atoms with Crippen LogP contribution in [0.25, 0.3) is 10.8 Å². The molecular weight excluding hydrogens is 805 g/mol. The number of fused-ring (bicyclic) bond motifs is 1. The van der Waals surface area contributed by atoms with Crippen LogP contribution in [0.3, 0.4) is 0 Å². The van der Waals surface area contributed by atoms with Gasteiger partial charge in [-0.3, -0.25) is 4.55 Å². The van der Waals surface area contributed by atoms with E-state index in [1.165, 1.54) is 117 Å². The minimum atomic E-state index is -4.24. The van der Waals surface area contributed by atoms with Crippen LogP contribution in [0.4, 0.5) is 17.1 Å². The highest BCUT2D eigenvalue weighted by Gasteiger charge is 2.16. The summed E-state index contributed by atoms with van der Waals surface area (Å²) in [5, 5.41) is 8.21. The van der Waals surface area contributed by atoms with Crippen LogP contribution in [-0.4, -0.2) is 20.0 Å². The molecule has 5 nitrogen and oxygen atoms in total. The van der Waals surface area contributed by atoms with Crippen molar-refractivity contribution in [1.29, 1.82) is 0 Å². The molecule has 0 amide bonds. The molecule has 6 aromatic rings. The van der Waals surface area contributed by atoms with Gasteiger partial charge in [0.25, 0.3) is 10.1 Å². The third-order valence-electron chi connectivity index (χ3n) is 11.8. The Balaban J connectivity index is 0.000000330. The van der Waals surface area contributed by atoms with E-state index in [4.69, 9.17) is 0 Å². The Morgan fingerprint density at radius 3 is 1.27 bits per heavy atom. The van der Waals surface area contributed by atoms with E-state index in [-0.39, 0.29) is 19.7 Å². The van der Waals surface area contributed by atoms with Gasteiger partial charge in [-0.15, -0.1) is 0 Å². The maximum absolute atomic E-state index is 12.0. The molecule has 0 saturated heterocycles. The molecule has 3 N–H and O–H groups in total. The molecule has 0 heterocycles. The number of anilines is 3. The first kappa shape index (κ1) is 53.4. The normalized spacial score (nSPS) is 11.0. The van der Waals surface area contributed by atoms with Gasteiger partial charge in [0.1, 0.15) is 4.90 Å². The van der Waals surface area contributed by atoms with Crippen LogP contribution in [0.2, 0.25) is 0 Å². The lowest BCUT2D eigenvalue weighted by Gasteiger charge is -2.11. The summed E-state index contributed by atoms with van der Waals surface area (Å²) in [6.45, 7) is 6.60. The molecule has 0 spiro atoms. The molecule has 64 heavy (non-hydrogen) atoms. The molecule has 0 aliphatic carbocycles. The second-order valence-corrected chi connectivity index (χ2v) is 18.6. The Bertz CT molecular complexity index is 2300. The van der Waals surface area contributed by atoms with Crippen molar-refractivity contribution >= 4 is 38.0 Å². The van der Waals surface area contributed by atoms with Crippen molar-refractivity contribution in [2.24, 2.45) is 0 Å². The first-order valence-corrected chi connectivity index (χ1v) is 24.9. The maximum atomic E-state index is 12.0. The number of rotatable bonds is 24. The van der Waals surface area contributed by atoms with Crippen molar-refractivity contribution in [3.63, 3.8) is 0 Å². The van der Waals surface area contributed by atoms with Crippen molar-refractivity contribution in [2.75, 3.05) is 17.7 Å². The highest BCUT2D eigenvalue weighted by molar-refractivity contribution is 7.86. The van der Waals surface area contributed by atoms with Crippen LogP contribution < -0.4 is 10.6 Å². The number of nitrogens with one attached hydrogen (secondary N) is 2. The molecule has 6 heteroatoms. The van der Waals surface area contributed by atoms with Gasteiger partial charge >= 0.3 is 0 Å². The Morgan fingerprint density at radius 1 is 0.453 bits per heavy atom. The Hall–Kier alpha value is -4.91. The second kappa shape index (κ2) is 28.8. The smallest absolute Gasteiger partial charge is 0.295 e. The zero-order chi connectivity index (χ0) is 44.0. The lowest BCUT2D eigenvalue weighted by atomic mass is 9.98. The quantitative estimate of drug-likeness (QED) is 0.0321. The van der Waals surface area contributed by atoms with Crippen molar-refractivity contribution in [2.45, 2.75) is 141 Å². The third-order valence-corrected chi connectivity index (χ3v) is 12.7.